The first kappa shape index (κ1) is 23.1. The highest BCUT2D eigenvalue weighted by molar-refractivity contribution is 5.95. The first-order valence-electron chi connectivity index (χ1n) is 12.3. The fourth-order valence-corrected chi connectivity index (χ4v) is 8.06. The van der Waals surface area contributed by atoms with Crippen molar-refractivity contribution in [3.8, 4) is 0 Å². The second-order valence-electron chi connectivity index (χ2n) is 11.6. The van der Waals surface area contributed by atoms with Gasteiger partial charge in [0.05, 0.1) is 24.4 Å². The number of carbonyl (C=O) groups excluding carboxylic acids is 3. The number of rotatable bonds is 3. The lowest BCUT2D eigenvalue weighted by molar-refractivity contribution is -0.155. The number of nitrogens with zero attached hydrogens (tertiary/aromatic N) is 1. The molecule has 5 aliphatic rings. The topological polar surface area (TPSA) is 135 Å². The monoisotopic (exact) mass is 461 g/mol. The van der Waals surface area contributed by atoms with Crippen LogP contribution in [-0.4, -0.2) is 79.8 Å². The summed E-state index contributed by atoms with van der Waals surface area (Å²) < 4.78 is 0. The number of ketones is 2. The van der Waals surface area contributed by atoms with Crippen molar-refractivity contribution in [3.05, 3.63) is 11.6 Å². The Morgan fingerprint density at radius 1 is 1.06 bits per heavy atom. The first-order chi connectivity index (χ1) is 15.4. The molecule has 0 aromatic rings. The van der Waals surface area contributed by atoms with E-state index in [0.29, 0.717) is 50.6 Å². The first-order valence-corrected chi connectivity index (χ1v) is 12.3. The number of carbonyl (C=O) groups is 3. The summed E-state index contributed by atoms with van der Waals surface area (Å²) >= 11 is 0. The van der Waals surface area contributed by atoms with E-state index in [2.05, 4.69) is 0 Å². The highest BCUT2D eigenvalue weighted by Gasteiger charge is 2.67. The van der Waals surface area contributed by atoms with Crippen LogP contribution >= 0.6 is 0 Å². The molecular formula is C25H35NO7. The Bertz CT molecular complexity index is 932. The lowest BCUT2D eigenvalue weighted by Gasteiger charge is -2.59. The molecule has 4 N–H and O–H groups in total. The summed E-state index contributed by atoms with van der Waals surface area (Å²) in [5.41, 5.74) is -1.90. The summed E-state index contributed by atoms with van der Waals surface area (Å²) in [6.45, 7) is 4.22. The van der Waals surface area contributed by atoms with Crippen molar-refractivity contribution in [2.45, 2.75) is 82.7 Å². The lowest BCUT2D eigenvalue weighted by Crippen LogP contribution is -2.61. The summed E-state index contributed by atoms with van der Waals surface area (Å²) in [6.07, 6.45) is 1.74. The van der Waals surface area contributed by atoms with Gasteiger partial charge in [-0.05, 0) is 67.9 Å². The van der Waals surface area contributed by atoms with E-state index >= 15 is 0 Å². The molecule has 9 atom stereocenters. The Labute approximate surface area is 193 Å². The Kier molecular flexibility index (Phi) is 5.22. The molecule has 0 aromatic heterocycles. The van der Waals surface area contributed by atoms with Gasteiger partial charge in [-0.1, -0.05) is 13.8 Å². The number of fused-ring (bicyclic) bond motifs is 5. The van der Waals surface area contributed by atoms with E-state index in [1.165, 1.54) is 4.90 Å². The van der Waals surface area contributed by atoms with Gasteiger partial charge in [0.25, 0.3) is 5.91 Å². The molecule has 1 amide bonds. The minimum absolute atomic E-state index is 0.0580. The van der Waals surface area contributed by atoms with Crippen molar-refractivity contribution >= 4 is 17.5 Å². The Balaban J connectivity index is 1.44. The van der Waals surface area contributed by atoms with Crippen LogP contribution in [0, 0.1) is 28.6 Å². The van der Waals surface area contributed by atoms with Gasteiger partial charge in [0.2, 0.25) is 0 Å². The molecule has 1 heterocycles. The maximum atomic E-state index is 13.3. The van der Waals surface area contributed by atoms with E-state index in [-0.39, 0.29) is 36.4 Å². The van der Waals surface area contributed by atoms with Gasteiger partial charge in [-0.15, -0.1) is 0 Å². The van der Waals surface area contributed by atoms with Crippen LogP contribution in [0.2, 0.25) is 0 Å². The van der Waals surface area contributed by atoms with E-state index in [1.54, 1.807) is 6.08 Å². The predicted molar refractivity (Wildman–Crippen MR) is 117 cm³/mol. The van der Waals surface area contributed by atoms with Crippen LogP contribution in [0.25, 0.3) is 0 Å². The minimum atomic E-state index is -1.30. The number of Topliss-reactive ketones (excluding diaryl/α,β-unsaturated/α-hetero) is 1. The molecule has 1 saturated heterocycles. The van der Waals surface area contributed by atoms with E-state index in [0.717, 1.165) is 0 Å². The smallest absolute Gasteiger partial charge is 0.251 e. The van der Waals surface area contributed by atoms with Gasteiger partial charge in [0, 0.05) is 23.8 Å². The highest BCUT2D eigenvalue weighted by atomic mass is 16.3. The maximum Gasteiger partial charge on any atom is 0.251 e. The number of hydrogen-bond acceptors (Lipinski definition) is 7. The van der Waals surface area contributed by atoms with Crippen molar-refractivity contribution in [1.82, 2.24) is 4.90 Å². The standard InChI is InChI=1S/C25H35NO7/c1-23-11-20(30)19(29)10-16(23)18(28)9-15-13(23)3-6-24(2)14(4-7-25(15,24)33)21(31)12-26-8-5-17(27)22(26)32/h9,13-14,16-17,19-20,27,29-30,33H,3-8,10-12H2,1-2H3/t13?,14-,16+,17?,19-,20+,23-,24-,25-/m1/s1. The molecule has 1 aliphatic heterocycles. The van der Waals surface area contributed by atoms with Crippen LogP contribution in [0.1, 0.15) is 58.8 Å². The molecule has 0 radical (unpaired) electrons. The van der Waals surface area contributed by atoms with Gasteiger partial charge in [-0.25, -0.2) is 0 Å². The second kappa shape index (κ2) is 7.44. The lowest BCUT2D eigenvalue weighted by atomic mass is 9.46. The molecule has 3 saturated carbocycles. The van der Waals surface area contributed by atoms with Crippen molar-refractivity contribution in [2.75, 3.05) is 13.1 Å². The molecule has 0 aromatic carbocycles. The maximum absolute atomic E-state index is 13.3. The van der Waals surface area contributed by atoms with Crippen LogP contribution in [0.5, 0.6) is 0 Å². The normalized spacial score (nSPS) is 49.4. The molecule has 4 aliphatic carbocycles. The van der Waals surface area contributed by atoms with E-state index in [9.17, 15) is 34.8 Å². The summed E-state index contributed by atoms with van der Waals surface area (Å²) in [4.78, 5) is 40.0. The van der Waals surface area contributed by atoms with Crippen molar-refractivity contribution < 1.29 is 34.8 Å². The van der Waals surface area contributed by atoms with Gasteiger partial charge in [-0.3, -0.25) is 14.4 Å². The Morgan fingerprint density at radius 3 is 2.45 bits per heavy atom. The number of hydrogen-bond donors (Lipinski definition) is 4. The number of aliphatic hydroxyl groups is 4. The number of amides is 1. The quantitative estimate of drug-likeness (QED) is 0.476. The van der Waals surface area contributed by atoms with E-state index in [4.69, 9.17) is 0 Å². The summed E-state index contributed by atoms with van der Waals surface area (Å²) in [6, 6.07) is 0. The van der Waals surface area contributed by atoms with Crippen molar-refractivity contribution in [3.63, 3.8) is 0 Å². The number of likely N-dealkylation sites (tertiary alicyclic amines) is 1. The minimum Gasteiger partial charge on any atom is -0.390 e. The third-order valence-corrected chi connectivity index (χ3v) is 10.1. The van der Waals surface area contributed by atoms with Gasteiger partial charge in [-0.2, -0.15) is 0 Å². The molecule has 0 bridgehead atoms. The van der Waals surface area contributed by atoms with Crippen LogP contribution < -0.4 is 0 Å². The number of aliphatic hydroxyl groups excluding tert-OH is 3. The largest absolute Gasteiger partial charge is 0.390 e. The highest BCUT2D eigenvalue weighted by Crippen LogP contribution is 2.67. The molecule has 4 fully saturated rings. The Morgan fingerprint density at radius 2 is 1.79 bits per heavy atom. The zero-order chi connectivity index (χ0) is 23.9. The van der Waals surface area contributed by atoms with Gasteiger partial charge < -0.3 is 25.3 Å². The molecule has 8 heteroatoms. The zero-order valence-corrected chi connectivity index (χ0v) is 19.4. The van der Waals surface area contributed by atoms with Crippen LogP contribution in [0.3, 0.4) is 0 Å². The number of allylic oxidation sites excluding steroid dienone is 1. The van der Waals surface area contributed by atoms with E-state index < -0.39 is 46.6 Å². The third kappa shape index (κ3) is 3.07. The van der Waals surface area contributed by atoms with Crippen LogP contribution in [-0.2, 0) is 14.4 Å². The molecule has 33 heavy (non-hydrogen) atoms. The van der Waals surface area contributed by atoms with Gasteiger partial charge in [0.1, 0.15) is 6.10 Å². The molecular weight excluding hydrogens is 426 g/mol. The fourth-order valence-electron chi connectivity index (χ4n) is 8.06. The SMILES string of the molecule is C[C@]12C[C@H](O)[C@H](O)C[C@H]1C(=O)C=C1C2CC[C@]2(C)[C@@H](C(=O)CN3CCC(O)C3=O)CC[C@@]12O. The second-order valence-corrected chi connectivity index (χ2v) is 11.6. The molecule has 0 spiro atoms. The van der Waals surface area contributed by atoms with E-state index in [1.807, 2.05) is 13.8 Å². The summed E-state index contributed by atoms with van der Waals surface area (Å²) in [5.74, 6) is -1.54. The molecule has 8 nitrogen and oxygen atoms in total. The average Bonchev–Trinajstić information content (AvgIpc) is 3.21. The van der Waals surface area contributed by atoms with Crippen molar-refractivity contribution in [1.29, 1.82) is 0 Å². The summed E-state index contributed by atoms with van der Waals surface area (Å²) in [5, 5.41) is 42.4. The average molecular weight is 462 g/mol. The van der Waals surface area contributed by atoms with Gasteiger partial charge >= 0.3 is 0 Å². The van der Waals surface area contributed by atoms with Crippen LogP contribution in [0.15, 0.2) is 11.6 Å². The van der Waals surface area contributed by atoms with Gasteiger partial charge in [0.15, 0.2) is 11.6 Å². The Hall–Kier alpha value is -1.61. The molecule has 2 unspecified atom stereocenters. The zero-order valence-electron chi connectivity index (χ0n) is 19.4. The summed E-state index contributed by atoms with van der Waals surface area (Å²) in [7, 11) is 0. The predicted octanol–water partition coefficient (Wildman–Crippen LogP) is 0.353. The third-order valence-electron chi connectivity index (χ3n) is 10.1. The van der Waals surface area contributed by atoms with Crippen molar-refractivity contribution in [2.24, 2.45) is 28.6 Å². The molecule has 182 valence electrons. The molecule has 5 rings (SSSR count). The fraction of sp³-hybridized carbons (Fsp3) is 0.800. The van der Waals surface area contributed by atoms with Crippen LogP contribution in [0.4, 0.5) is 0 Å².